The largest absolute Gasteiger partial charge is 0.330 e. The van der Waals surface area contributed by atoms with Crippen LogP contribution < -0.4 is 5.32 Å². The first-order valence-electron chi connectivity index (χ1n) is 5.89. The molecule has 6 heteroatoms. The van der Waals surface area contributed by atoms with Gasteiger partial charge in [-0.25, -0.2) is 4.98 Å². The van der Waals surface area contributed by atoms with E-state index in [1.165, 1.54) is 0 Å². The van der Waals surface area contributed by atoms with Gasteiger partial charge in [-0.05, 0) is 19.4 Å². The average molecular weight is 257 g/mol. The van der Waals surface area contributed by atoms with E-state index < -0.39 is 0 Å². The minimum atomic E-state index is 0. The van der Waals surface area contributed by atoms with E-state index in [0.717, 1.165) is 39.0 Å². The predicted molar refractivity (Wildman–Crippen MR) is 66.4 cm³/mol. The van der Waals surface area contributed by atoms with Crippen LogP contribution in [0.2, 0.25) is 0 Å². The quantitative estimate of drug-likeness (QED) is 0.797. The van der Waals surface area contributed by atoms with Crippen LogP contribution in [0, 0.1) is 0 Å². The lowest BCUT2D eigenvalue weighted by Crippen LogP contribution is -2.52. The molecule has 5 nitrogen and oxygen atoms in total. The number of amides is 1. The Hall–Kier alpha value is -1.07. The third-order valence-electron chi connectivity index (χ3n) is 3.46. The molecule has 0 spiro atoms. The third-order valence-corrected chi connectivity index (χ3v) is 3.46. The zero-order chi connectivity index (χ0) is 11.0. The molecule has 1 unspecified atom stereocenters. The van der Waals surface area contributed by atoms with E-state index in [1.807, 2.05) is 15.7 Å². The van der Waals surface area contributed by atoms with E-state index in [4.69, 9.17) is 0 Å². The highest BCUT2D eigenvalue weighted by Gasteiger charge is 2.31. The fraction of sp³-hybridized carbons (Fsp3) is 0.636. The summed E-state index contributed by atoms with van der Waals surface area (Å²) in [5.41, 5.74) is 0. The minimum absolute atomic E-state index is 0. The highest BCUT2D eigenvalue weighted by atomic mass is 35.5. The molecule has 1 amide bonds. The molecule has 94 valence electrons. The molecule has 1 N–H and O–H groups in total. The van der Waals surface area contributed by atoms with Gasteiger partial charge in [0.15, 0.2) is 5.82 Å². The molecule has 0 saturated carbocycles. The van der Waals surface area contributed by atoms with Gasteiger partial charge in [0.2, 0.25) is 0 Å². The monoisotopic (exact) mass is 256 g/mol. The topological polar surface area (TPSA) is 50.2 Å². The number of hydrogen-bond acceptors (Lipinski definition) is 3. The summed E-state index contributed by atoms with van der Waals surface area (Å²) >= 11 is 0. The summed E-state index contributed by atoms with van der Waals surface area (Å²) in [7, 11) is 0. The summed E-state index contributed by atoms with van der Waals surface area (Å²) in [6.45, 7) is 3.69. The number of hydrogen-bond donors (Lipinski definition) is 1. The number of carbonyl (C=O) groups is 1. The molecule has 0 radical (unpaired) electrons. The molecule has 1 atom stereocenters. The average Bonchev–Trinajstić information content (AvgIpc) is 2.80. The van der Waals surface area contributed by atoms with Crippen LogP contribution in [0.5, 0.6) is 0 Å². The Bertz CT molecular complexity index is 400. The van der Waals surface area contributed by atoms with E-state index >= 15 is 0 Å². The fourth-order valence-corrected chi connectivity index (χ4v) is 2.58. The summed E-state index contributed by atoms with van der Waals surface area (Å²) in [5, 5.41) is 3.35. The summed E-state index contributed by atoms with van der Waals surface area (Å²) in [6, 6.07) is 0.353. The lowest BCUT2D eigenvalue weighted by Gasteiger charge is -2.36. The molecule has 17 heavy (non-hydrogen) atoms. The van der Waals surface area contributed by atoms with Crippen LogP contribution in [0.15, 0.2) is 12.4 Å². The Labute approximate surface area is 107 Å². The van der Waals surface area contributed by atoms with Gasteiger partial charge >= 0.3 is 0 Å². The molecular formula is C11H17ClN4O. The van der Waals surface area contributed by atoms with Gasteiger partial charge < -0.3 is 14.8 Å². The van der Waals surface area contributed by atoms with Crippen LogP contribution in [0.25, 0.3) is 0 Å². The molecule has 1 fully saturated rings. The van der Waals surface area contributed by atoms with Gasteiger partial charge in [-0.2, -0.15) is 0 Å². The maximum atomic E-state index is 12.2. The van der Waals surface area contributed by atoms with Gasteiger partial charge in [0.1, 0.15) is 0 Å². The number of piperidine rings is 1. The summed E-state index contributed by atoms with van der Waals surface area (Å²) in [5.74, 6) is 0.682. The maximum Gasteiger partial charge on any atom is 0.290 e. The molecule has 0 bridgehead atoms. The standard InChI is InChI=1S/C11H16N4O.ClH/c16-11-10-13-4-5-14(10)6-7-15(11)9-2-1-3-12-8-9;/h4-5,9,12H,1-3,6-8H2;1H. The van der Waals surface area contributed by atoms with Gasteiger partial charge in [0.25, 0.3) is 5.91 Å². The molecule has 1 aromatic heterocycles. The summed E-state index contributed by atoms with van der Waals surface area (Å²) < 4.78 is 1.94. The number of nitrogens with zero attached hydrogens (tertiary/aromatic N) is 3. The predicted octanol–water partition coefficient (Wildman–Crippen LogP) is 0.513. The molecular weight excluding hydrogens is 240 g/mol. The van der Waals surface area contributed by atoms with Crippen molar-refractivity contribution in [2.24, 2.45) is 0 Å². The highest BCUT2D eigenvalue weighted by Crippen LogP contribution is 2.17. The van der Waals surface area contributed by atoms with E-state index in [0.29, 0.717) is 11.9 Å². The van der Waals surface area contributed by atoms with Crippen LogP contribution in [-0.2, 0) is 6.54 Å². The number of imidazole rings is 1. The first-order valence-corrected chi connectivity index (χ1v) is 5.89. The Morgan fingerprint density at radius 2 is 2.29 bits per heavy atom. The van der Waals surface area contributed by atoms with Crippen molar-refractivity contribution in [1.29, 1.82) is 0 Å². The van der Waals surface area contributed by atoms with Crippen molar-refractivity contribution in [2.45, 2.75) is 25.4 Å². The van der Waals surface area contributed by atoms with Gasteiger partial charge in [0, 0.05) is 38.1 Å². The minimum Gasteiger partial charge on any atom is -0.330 e. The smallest absolute Gasteiger partial charge is 0.290 e. The zero-order valence-corrected chi connectivity index (χ0v) is 10.4. The molecule has 1 aromatic rings. The van der Waals surface area contributed by atoms with E-state index in [1.54, 1.807) is 6.20 Å². The molecule has 1 saturated heterocycles. The van der Waals surface area contributed by atoms with E-state index in [2.05, 4.69) is 10.3 Å². The van der Waals surface area contributed by atoms with E-state index in [9.17, 15) is 4.79 Å². The van der Waals surface area contributed by atoms with Crippen molar-refractivity contribution in [3.8, 4) is 0 Å². The number of nitrogens with one attached hydrogen (secondary N) is 1. The van der Waals surface area contributed by atoms with Crippen LogP contribution in [0.3, 0.4) is 0 Å². The van der Waals surface area contributed by atoms with Gasteiger partial charge in [-0.1, -0.05) is 0 Å². The first-order chi connectivity index (χ1) is 7.86. The summed E-state index contributed by atoms with van der Waals surface area (Å²) in [4.78, 5) is 18.3. The Morgan fingerprint density at radius 1 is 1.41 bits per heavy atom. The first kappa shape index (κ1) is 12.4. The maximum absolute atomic E-state index is 12.2. The lowest BCUT2D eigenvalue weighted by molar-refractivity contribution is 0.0579. The lowest BCUT2D eigenvalue weighted by atomic mass is 10.1. The molecule has 2 aliphatic rings. The molecule has 0 aromatic carbocycles. The van der Waals surface area contributed by atoms with Crippen LogP contribution in [-0.4, -0.2) is 46.0 Å². The van der Waals surface area contributed by atoms with Gasteiger partial charge in [-0.3, -0.25) is 4.79 Å². The van der Waals surface area contributed by atoms with Gasteiger partial charge in [0.05, 0.1) is 0 Å². The van der Waals surface area contributed by atoms with Crippen LogP contribution in [0.4, 0.5) is 0 Å². The number of rotatable bonds is 1. The van der Waals surface area contributed by atoms with Crippen molar-refractivity contribution in [3.63, 3.8) is 0 Å². The number of fused-ring (bicyclic) bond motifs is 1. The second kappa shape index (κ2) is 5.06. The fourth-order valence-electron chi connectivity index (χ4n) is 2.58. The Balaban J connectivity index is 0.00000108. The van der Waals surface area contributed by atoms with Crippen molar-refractivity contribution in [3.05, 3.63) is 18.2 Å². The van der Waals surface area contributed by atoms with Crippen LogP contribution >= 0.6 is 12.4 Å². The van der Waals surface area contributed by atoms with Crippen LogP contribution in [0.1, 0.15) is 23.5 Å². The normalized spacial score (nSPS) is 24.1. The second-order valence-electron chi connectivity index (χ2n) is 4.44. The SMILES string of the molecule is Cl.O=C1c2nccn2CCN1C1CCCNC1. The number of aromatic nitrogens is 2. The van der Waals surface area contributed by atoms with Crippen molar-refractivity contribution in [2.75, 3.05) is 19.6 Å². The third kappa shape index (κ3) is 2.17. The second-order valence-corrected chi connectivity index (χ2v) is 4.44. The van der Waals surface area contributed by atoms with Gasteiger partial charge in [-0.15, -0.1) is 12.4 Å². The molecule has 0 aliphatic carbocycles. The van der Waals surface area contributed by atoms with Crippen molar-refractivity contribution < 1.29 is 4.79 Å². The highest BCUT2D eigenvalue weighted by molar-refractivity contribution is 5.91. The number of halogens is 1. The zero-order valence-electron chi connectivity index (χ0n) is 9.63. The van der Waals surface area contributed by atoms with Crippen molar-refractivity contribution >= 4 is 18.3 Å². The molecule has 3 rings (SSSR count). The Morgan fingerprint density at radius 3 is 3.06 bits per heavy atom. The number of carbonyl (C=O) groups excluding carboxylic acids is 1. The molecule has 3 heterocycles. The Kier molecular flexibility index (Phi) is 3.69. The molecule has 2 aliphatic heterocycles. The van der Waals surface area contributed by atoms with Crippen molar-refractivity contribution in [1.82, 2.24) is 19.8 Å². The van der Waals surface area contributed by atoms with E-state index in [-0.39, 0.29) is 18.3 Å². The summed E-state index contributed by atoms with van der Waals surface area (Å²) in [6.07, 6.45) is 5.85.